The van der Waals surface area contributed by atoms with E-state index in [0.29, 0.717) is 28.7 Å². The standard InChI is InChI=1S/C26H40N6O5S/c1-25(2,3)35-18(33)7-6-10-31-11-8-16(9-12-31)38-13-17-20-21(37-26(4,5)36-20)24(34-17)32-15-30-19-22(27)28-14-29-23(19)32/h14-17,20-21,24H,6-13H2,1-5H3,(H2,27,28,29)/t17-,20?,21+,24-/m1/s1. The number of thioether (sulfide) groups is 1. The van der Waals surface area contributed by atoms with Crippen molar-refractivity contribution in [3.63, 3.8) is 0 Å². The zero-order valence-corrected chi connectivity index (χ0v) is 23.8. The van der Waals surface area contributed by atoms with E-state index < -0.39 is 17.6 Å². The molecule has 3 aliphatic heterocycles. The van der Waals surface area contributed by atoms with Gasteiger partial charge in [-0.1, -0.05) is 0 Å². The van der Waals surface area contributed by atoms with E-state index in [0.717, 1.165) is 44.6 Å². The number of rotatable bonds is 8. The van der Waals surface area contributed by atoms with Gasteiger partial charge in [0, 0.05) is 17.4 Å². The smallest absolute Gasteiger partial charge is 0.306 e. The van der Waals surface area contributed by atoms with Crippen LogP contribution in [0.1, 0.15) is 66.5 Å². The predicted molar refractivity (Wildman–Crippen MR) is 144 cm³/mol. The Balaban J connectivity index is 1.13. The van der Waals surface area contributed by atoms with Crippen LogP contribution in [0.5, 0.6) is 0 Å². The first-order valence-corrected chi connectivity index (χ1v) is 14.5. The van der Waals surface area contributed by atoms with Gasteiger partial charge in [0.1, 0.15) is 29.7 Å². The quantitative estimate of drug-likeness (QED) is 0.489. The van der Waals surface area contributed by atoms with Crippen molar-refractivity contribution in [2.45, 2.75) is 101 Å². The molecule has 5 rings (SSSR count). The molecule has 12 heteroatoms. The van der Waals surface area contributed by atoms with Gasteiger partial charge < -0.3 is 29.6 Å². The Morgan fingerprint density at radius 3 is 2.66 bits per heavy atom. The maximum atomic E-state index is 12.0. The van der Waals surface area contributed by atoms with Crippen LogP contribution in [0, 0.1) is 0 Å². The van der Waals surface area contributed by atoms with E-state index in [1.807, 2.05) is 50.9 Å². The fourth-order valence-electron chi connectivity index (χ4n) is 5.44. The second-order valence-corrected chi connectivity index (χ2v) is 13.1. The second kappa shape index (κ2) is 10.9. The van der Waals surface area contributed by atoms with E-state index >= 15 is 0 Å². The average Bonchev–Trinajstić information content (AvgIpc) is 3.49. The van der Waals surface area contributed by atoms with E-state index in [1.54, 1.807) is 6.33 Å². The fourth-order valence-corrected chi connectivity index (χ4v) is 6.72. The first-order chi connectivity index (χ1) is 18.0. The number of imidazole rings is 1. The molecule has 2 N–H and O–H groups in total. The highest BCUT2D eigenvalue weighted by molar-refractivity contribution is 7.99. The van der Waals surface area contributed by atoms with Crippen LogP contribution in [0.25, 0.3) is 11.2 Å². The Kier molecular flexibility index (Phi) is 7.89. The van der Waals surface area contributed by atoms with E-state index in [1.165, 1.54) is 6.33 Å². The molecule has 11 nitrogen and oxygen atoms in total. The molecule has 0 saturated carbocycles. The molecule has 0 spiro atoms. The van der Waals surface area contributed by atoms with E-state index in [9.17, 15) is 4.79 Å². The number of anilines is 1. The Hall–Kier alpha value is -1.99. The van der Waals surface area contributed by atoms with Crippen LogP contribution in [-0.2, 0) is 23.7 Å². The van der Waals surface area contributed by atoms with Crippen LogP contribution >= 0.6 is 11.8 Å². The number of ether oxygens (including phenoxy) is 4. The molecule has 3 saturated heterocycles. The largest absolute Gasteiger partial charge is 0.460 e. The number of aromatic nitrogens is 4. The molecular weight excluding hydrogens is 508 g/mol. The first-order valence-electron chi connectivity index (χ1n) is 13.5. The monoisotopic (exact) mass is 548 g/mol. The van der Waals surface area contributed by atoms with Gasteiger partial charge in [0.15, 0.2) is 23.5 Å². The van der Waals surface area contributed by atoms with Crippen LogP contribution < -0.4 is 5.73 Å². The van der Waals surface area contributed by atoms with Gasteiger partial charge in [0.05, 0.1) is 12.4 Å². The van der Waals surface area contributed by atoms with Crippen molar-refractivity contribution in [1.29, 1.82) is 0 Å². The molecule has 1 unspecified atom stereocenters. The van der Waals surface area contributed by atoms with Crippen molar-refractivity contribution in [2.24, 2.45) is 0 Å². The number of nitrogens with zero attached hydrogens (tertiary/aromatic N) is 5. The summed E-state index contributed by atoms with van der Waals surface area (Å²) in [5.41, 5.74) is 6.76. The highest BCUT2D eigenvalue weighted by Gasteiger charge is 2.56. The summed E-state index contributed by atoms with van der Waals surface area (Å²) in [6.45, 7) is 12.6. The lowest BCUT2D eigenvalue weighted by Crippen LogP contribution is -2.37. The topological polar surface area (TPSA) is 127 Å². The highest BCUT2D eigenvalue weighted by atomic mass is 32.2. The summed E-state index contributed by atoms with van der Waals surface area (Å²) in [5.74, 6) is 0.368. The number of nitrogens with two attached hydrogens (primary N) is 1. The van der Waals surface area contributed by atoms with Crippen molar-refractivity contribution in [1.82, 2.24) is 24.4 Å². The van der Waals surface area contributed by atoms with Gasteiger partial charge in [0.25, 0.3) is 0 Å². The Morgan fingerprint density at radius 1 is 1.18 bits per heavy atom. The van der Waals surface area contributed by atoms with Crippen molar-refractivity contribution in [3.8, 4) is 0 Å². The predicted octanol–water partition coefficient (Wildman–Crippen LogP) is 3.15. The zero-order valence-electron chi connectivity index (χ0n) is 23.0. The van der Waals surface area contributed by atoms with Crippen molar-refractivity contribution in [2.75, 3.05) is 31.1 Å². The molecule has 2 aromatic rings. The molecule has 4 atom stereocenters. The lowest BCUT2D eigenvalue weighted by atomic mass is 10.1. The van der Waals surface area contributed by atoms with E-state index in [-0.39, 0.29) is 24.3 Å². The minimum atomic E-state index is -0.685. The van der Waals surface area contributed by atoms with E-state index in [4.69, 9.17) is 24.7 Å². The maximum Gasteiger partial charge on any atom is 0.306 e. The summed E-state index contributed by atoms with van der Waals surface area (Å²) >= 11 is 1.95. The van der Waals surface area contributed by atoms with Gasteiger partial charge in [-0.25, -0.2) is 15.0 Å². The SMILES string of the molecule is CC(C)(C)OC(=O)CCCN1CCC(SC[C@H]2O[C@@H](n3cnc4c(N)ncnc43)[C@H]3OC(C)(C)OC23)CC1. The third-order valence-corrected chi connectivity index (χ3v) is 8.56. The van der Waals surface area contributed by atoms with Crippen molar-refractivity contribution < 1.29 is 23.7 Å². The number of carbonyl (C=O) groups is 1. The normalized spacial score (nSPS) is 28.1. The van der Waals surface area contributed by atoms with Crippen molar-refractivity contribution >= 4 is 34.7 Å². The molecule has 5 heterocycles. The first kappa shape index (κ1) is 27.6. The highest BCUT2D eigenvalue weighted by Crippen LogP contribution is 2.45. The number of likely N-dealkylation sites (tertiary alicyclic amines) is 1. The average molecular weight is 549 g/mol. The van der Waals surface area contributed by atoms with E-state index in [2.05, 4.69) is 19.9 Å². The molecular formula is C26H40N6O5S. The molecule has 3 aliphatic rings. The molecule has 210 valence electrons. The number of fused-ring (bicyclic) bond motifs is 2. The maximum absolute atomic E-state index is 12.0. The summed E-state index contributed by atoms with van der Waals surface area (Å²) in [5, 5.41) is 0.565. The third-order valence-electron chi connectivity index (χ3n) is 7.09. The lowest BCUT2D eigenvalue weighted by Gasteiger charge is -2.32. The number of esters is 1. The minimum Gasteiger partial charge on any atom is -0.460 e. The number of nitrogen functional groups attached to an aromatic ring is 1. The number of hydrogen-bond acceptors (Lipinski definition) is 11. The fraction of sp³-hybridized carbons (Fsp3) is 0.769. The zero-order chi connectivity index (χ0) is 27.1. The van der Waals surface area contributed by atoms with Gasteiger partial charge >= 0.3 is 5.97 Å². The molecule has 0 aromatic carbocycles. The summed E-state index contributed by atoms with van der Waals surface area (Å²) in [6.07, 6.45) is 5.72. The molecule has 0 radical (unpaired) electrons. The van der Waals surface area contributed by atoms with Gasteiger partial charge in [-0.15, -0.1) is 0 Å². The molecule has 38 heavy (non-hydrogen) atoms. The molecule has 0 bridgehead atoms. The molecule has 0 aliphatic carbocycles. The van der Waals surface area contributed by atoms with Crippen LogP contribution in [0.4, 0.5) is 5.82 Å². The molecule has 3 fully saturated rings. The Labute approximate surface area is 228 Å². The van der Waals surface area contributed by atoms with Crippen LogP contribution in [0.3, 0.4) is 0 Å². The second-order valence-electron chi connectivity index (χ2n) is 11.8. The number of hydrogen-bond donors (Lipinski definition) is 1. The molecule has 2 aromatic heterocycles. The third kappa shape index (κ3) is 6.25. The van der Waals surface area contributed by atoms with Gasteiger partial charge in [-0.05, 0) is 73.5 Å². The van der Waals surface area contributed by atoms with Crippen LogP contribution in [0.15, 0.2) is 12.7 Å². The minimum absolute atomic E-state index is 0.111. The van der Waals surface area contributed by atoms with Crippen LogP contribution in [0.2, 0.25) is 0 Å². The van der Waals surface area contributed by atoms with Crippen molar-refractivity contribution in [3.05, 3.63) is 12.7 Å². The summed E-state index contributed by atoms with van der Waals surface area (Å²) < 4.78 is 26.4. The van der Waals surface area contributed by atoms with Gasteiger partial charge in [-0.3, -0.25) is 9.36 Å². The summed E-state index contributed by atoms with van der Waals surface area (Å²) in [7, 11) is 0. The number of piperidine rings is 1. The Morgan fingerprint density at radius 2 is 1.92 bits per heavy atom. The summed E-state index contributed by atoms with van der Waals surface area (Å²) in [4.78, 5) is 27.3. The summed E-state index contributed by atoms with van der Waals surface area (Å²) in [6, 6.07) is 0. The van der Waals surface area contributed by atoms with Gasteiger partial charge in [-0.2, -0.15) is 11.8 Å². The lowest BCUT2D eigenvalue weighted by molar-refractivity contribution is -0.193. The number of carbonyl (C=O) groups excluding carboxylic acids is 1. The van der Waals surface area contributed by atoms with Gasteiger partial charge in [0.2, 0.25) is 0 Å². The molecule has 0 amide bonds. The van der Waals surface area contributed by atoms with Crippen LogP contribution in [-0.4, -0.2) is 90.7 Å². The Bertz CT molecular complexity index is 1130.